The molecule has 6 nitrogen and oxygen atoms in total. The van der Waals surface area contributed by atoms with Gasteiger partial charge in [0, 0.05) is 24.7 Å². The predicted octanol–water partition coefficient (Wildman–Crippen LogP) is 4.18. The summed E-state index contributed by atoms with van der Waals surface area (Å²) >= 11 is 7.21. The standard InChI is InChI=1S/C19H17ClN2O4S2/c1-22(12-13-5-2-3-6-16(13)20)19(24)15-9-8-14(11-17(15)23)21-28(25,26)18-7-4-10-27-18/h2-11,21,23H,12H2,1H3. The van der Waals surface area contributed by atoms with E-state index in [0.29, 0.717) is 5.02 Å². The van der Waals surface area contributed by atoms with Crippen LogP contribution in [-0.2, 0) is 16.6 Å². The lowest BCUT2D eigenvalue weighted by Crippen LogP contribution is -2.26. The highest BCUT2D eigenvalue weighted by atomic mass is 35.5. The molecule has 0 spiro atoms. The van der Waals surface area contributed by atoms with E-state index in [0.717, 1.165) is 16.9 Å². The highest BCUT2D eigenvalue weighted by Crippen LogP contribution is 2.27. The van der Waals surface area contributed by atoms with Gasteiger partial charge in [0.1, 0.15) is 9.96 Å². The molecule has 2 aromatic carbocycles. The van der Waals surface area contributed by atoms with Crippen LogP contribution < -0.4 is 4.72 Å². The molecule has 0 fully saturated rings. The molecule has 146 valence electrons. The Labute approximate surface area is 172 Å². The fraction of sp³-hybridized carbons (Fsp3) is 0.105. The molecule has 0 aliphatic carbocycles. The number of phenolic OH excluding ortho intramolecular Hbond substituents is 1. The molecule has 1 aromatic heterocycles. The molecular formula is C19H17ClN2O4S2. The second-order valence-corrected chi connectivity index (χ2v) is 9.29. The fourth-order valence-corrected chi connectivity index (χ4v) is 4.80. The summed E-state index contributed by atoms with van der Waals surface area (Å²) in [4.78, 5) is 14.1. The number of rotatable bonds is 6. The smallest absolute Gasteiger partial charge is 0.271 e. The molecule has 2 N–H and O–H groups in total. The topological polar surface area (TPSA) is 86.7 Å². The van der Waals surface area contributed by atoms with Gasteiger partial charge in [0.05, 0.1) is 11.3 Å². The Balaban J connectivity index is 1.76. The Morgan fingerprint density at radius 2 is 1.93 bits per heavy atom. The molecule has 0 saturated heterocycles. The summed E-state index contributed by atoms with van der Waals surface area (Å²) in [6.45, 7) is 0.269. The van der Waals surface area contributed by atoms with Crippen molar-refractivity contribution in [3.05, 3.63) is 76.1 Å². The minimum absolute atomic E-state index is 0.0635. The molecule has 0 radical (unpaired) electrons. The third-order valence-electron chi connectivity index (χ3n) is 3.95. The highest BCUT2D eigenvalue weighted by Gasteiger charge is 2.19. The number of carbonyl (C=O) groups excluding carboxylic acids is 1. The number of carbonyl (C=O) groups is 1. The van der Waals surface area contributed by atoms with Crippen molar-refractivity contribution < 1.29 is 18.3 Å². The Morgan fingerprint density at radius 1 is 1.18 bits per heavy atom. The minimum atomic E-state index is -3.73. The van der Waals surface area contributed by atoms with Crippen molar-refractivity contribution >= 4 is 44.6 Å². The van der Waals surface area contributed by atoms with Crippen molar-refractivity contribution in [3.8, 4) is 5.75 Å². The third-order valence-corrected chi connectivity index (χ3v) is 7.10. The van der Waals surface area contributed by atoms with E-state index in [1.165, 1.54) is 29.2 Å². The van der Waals surface area contributed by atoms with Crippen molar-refractivity contribution in [1.29, 1.82) is 0 Å². The summed E-state index contributed by atoms with van der Waals surface area (Å²) in [5, 5.41) is 12.5. The van der Waals surface area contributed by atoms with Gasteiger partial charge in [0.25, 0.3) is 15.9 Å². The molecule has 0 aliphatic heterocycles. The van der Waals surface area contributed by atoms with Gasteiger partial charge >= 0.3 is 0 Å². The largest absolute Gasteiger partial charge is 0.507 e. The summed E-state index contributed by atoms with van der Waals surface area (Å²) in [5.41, 5.74) is 1.00. The van der Waals surface area contributed by atoms with E-state index in [-0.39, 0.29) is 27.8 Å². The summed E-state index contributed by atoms with van der Waals surface area (Å²) in [5.74, 6) is -0.729. The van der Waals surface area contributed by atoms with Gasteiger partial charge in [-0.15, -0.1) is 11.3 Å². The number of anilines is 1. The average molecular weight is 437 g/mol. The lowest BCUT2D eigenvalue weighted by atomic mass is 10.1. The zero-order valence-corrected chi connectivity index (χ0v) is 17.2. The van der Waals surface area contributed by atoms with Gasteiger partial charge in [0.15, 0.2) is 0 Å². The number of amides is 1. The lowest BCUT2D eigenvalue weighted by molar-refractivity contribution is 0.0782. The maximum atomic E-state index is 12.7. The van der Waals surface area contributed by atoms with E-state index in [2.05, 4.69) is 4.72 Å². The second kappa shape index (κ2) is 8.22. The highest BCUT2D eigenvalue weighted by molar-refractivity contribution is 7.94. The zero-order valence-electron chi connectivity index (χ0n) is 14.8. The van der Waals surface area contributed by atoms with Crippen molar-refractivity contribution in [1.82, 2.24) is 4.90 Å². The van der Waals surface area contributed by atoms with Crippen molar-refractivity contribution in [2.75, 3.05) is 11.8 Å². The third kappa shape index (κ3) is 4.46. The molecule has 1 amide bonds. The zero-order chi connectivity index (χ0) is 20.3. The SMILES string of the molecule is CN(Cc1ccccc1Cl)C(=O)c1ccc(NS(=O)(=O)c2cccs2)cc1O. The first kappa shape index (κ1) is 20.2. The van der Waals surface area contributed by atoms with Crippen LogP contribution in [0.2, 0.25) is 5.02 Å². The van der Waals surface area contributed by atoms with Crippen LogP contribution in [-0.4, -0.2) is 31.4 Å². The number of benzene rings is 2. The average Bonchev–Trinajstić information content (AvgIpc) is 3.18. The van der Waals surface area contributed by atoms with Crippen molar-refractivity contribution in [2.45, 2.75) is 10.8 Å². The molecule has 3 rings (SSSR count). The molecule has 0 atom stereocenters. The van der Waals surface area contributed by atoms with E-state index < -0.39 is 15.9 Å². The molecule has 0 unspecified atom stereocenters. The van der Waals surface area contributed by atoms with Gasteiger partial charge in [-0.1, -0.05) is 35.9 Å². The van der Waals surface area contributed by atoms with Crippen LogP contribution in [0.4, 0.5) is 5.69 Å². The van der Waals surface area contributed by atoms with Crippen LogP contribution in [0.15, 0.2) is 64.2 Å². The summed E-state index contributed by atoms with van der Waals surface area (Å²) in [6.07, 6.45) is 0. The quantitative estimate of drug-likeness (QED) is 0.606. The van der Waals surface area contributed by atoms with Gasteiger partial charge in [-0.3, -0.25) is 9.52 Å². The number of aromatic hydroxyl groups is 1. The van der Waals surface area contributed by atoms with Crippen LogP contribution in [0, 0.1) is 0 Å². The summed E-state index contributed by atoms with van der Waals surface area (Å²) in [7, 11) is -2.14. The number of sulfonamides is 1. The van der Waals surface area contributed by atoms with E-state index in [1.807, 2.05) is 12.1 Å². The first-order chi connectivity index (χ1) is 13.3. The van der Waals surface area contributed by atoms with Crippen LogP contribution in [0.25, 0.3) is 0 Å². The molecule has 3 aromatic rings. The maximum absolute atomic E-state index is 12.7. The number of hydrogen-bond acceptors (Lipinski definition) is 5. The fourth-order valence-electron chi connectivity index (χ4n) is 2.56. The Morgan fingerprint density at radius 3 is 2.57 bits per heavy atom. The maximum Gasteiger partial charge on any atom is 0.271 e. The van der Waals surface area contributed by atoms with E-state index in [4.69, 9.17) is 11.6 Å². The molecule has 28 heavy (non-hydrogen) atoms. The van der Waals surface area contributed by atoms with Crippen molar-refractivity contribution in [3.63, 3.8) is 0 Å². The summed E-state index contributed by atoms with van der Waals surface area (Å²) < 4.78 is 27.1. The van der Waals surface area contributed by atoms with Gasteiger partial charge in [-0.05, 0) is 35.2 Å². The molecule has 0 bridgehead atoms. The van der Waals surface area contributed by atoms with Gasteiger partial charge in [0.2, 0.25) is 0 Å². The normalized spacial score (nSPS) is 11.2. The summed E-state index contributed by atoms with van der Waals surface area (Å²) in [6, 6.07) is 14.3. The van der Waals surface area contributed by atoms with Crippen LogP contribution in [0.3, 0.4) is 0 Å². The van der Waals surface area contributed by atoms with E-state index >= 15 is 0 Å². The lowest BCUT2D eigenvalue weighted by Gasteiger charge is -2.19. The number of nitrogens with one attached hydrogen (secondary N) is 1. The van der Waals surface area contributed by atoms with Crippen LogP contribution in [0.5, 0.6) is 5.75 Å². The number of thiophene rings is 1. The Bertz CT molecular complexity index is 1100. The molecule has 0 saturated carbocycles. The predicted molar refractivity (Wildman–Crippen MR) is 110 cm³/mol. The monoisotopic (exact) mass is 436 g/mol. The van der Waals surface area contributed by atoms with E-state index in [1.54, 1.807) is 30.6 Å². The van der Waals surface area contributed by atoms with Crippen molar-refractivity contribution in [2.24, 2.45) is 0 Å². The molecule has 0 aliphatic rings. The van der Waals surface area contributed by atoms with Crippen LogP contribution in [0.1, 0.15) is 15.9 Å². The molecule has 9 heteroatoms. The van der Waals surface area contributed by atoms with E-state index in [9.17, 15) is 18.3 Å². The number of nitrogens with zero attached hydrogens (tertiary/aromatic N) is 1. The minimum Gasteiger partial charge on any atom is -0.507 e. The molecule has 1 heterocycles. The molecular weight excluding hydrogens is 420 g/mol. The van der Waals surface area contributed by atoms with Crippen LogP contribution >= 0.6 is 22.9 Å². The Kier molecular flexibility index (Phi) is 5.93. The number of phenols is 1. The van der Waals surface area contributed by atoms with Gasteiger partial charge in [-0.25, -0.2) is 8.42 Å². The first-order valence-corrected chi connectivity index (χ1v) is 10.9. The van der Waals surface area contributed by atoms with Gasteiger partial charge < -0.3 is 10.0 Å². The van der Waals surface area contributed by atoms with Gasteiger partial charge in [-0.2, -0.15) is 0 Å². The second-order valence-electron chi connectivity index (χ2n) is 6.02. The number of halogens is 1. The first-order valence-electron chi connectivity index (χ1n) is 8.16. The Hall–Kier alpha value is -2.55. The number of hydrogen-bond donors (Lipinski definition) is 2.